The SMILES string of the molecule is CCC(C)C(N)C(=O)c1cccc2c1OCC2. The molecule has 0 saturated heterocycles. The zero-order chi connectivity index (χ0) is 12.4. The number of hydrogen-bond donors (Lipinski definition) is 1. The molecule has 2 atom stereocenters. The summed E-state index contributed by atoms with van der Waals surface area (Å²) in [6.45, 7) is 4.72. The monoisotopic (exact) mass is 233 g/mol. The molecule has 3 nitrogen and oxygen atoms in total. The molecular formula is C14H19NO2. The van der Waals surface area contributed by atoms with Crippen molar-refractivity contribution < 1.29 is 9.53 Å². The van der Waals surface area contributed by atoms with E-state index in [4.69, 9.17) is 10.5 Å². The van der Waals surface area contributed by atoms with E-state index < -0.39 is 6.04 Å². The fourth-order valence-electron chi connectivity index (χ4n) is 2.10. The molecule has 0 spiro atoms. The van der Waals surface area contributed by atoms with Crippen LogP contribution in [-0.4, -0.2) is 18.4 Å². The van der Waals surface area contributed by atoms with Crippen molar-refractivity contribution in [1.29, 1.82) is 0 Å². The van der Waals surface area contributed by atoms with E-state index in [1.54, 1.807) is 0 Å². The van der Waals surface area contributed by atoms with Crippen molar-refractivity contribution in [2.75, 3.05) is 6.61 Å². The van der Waals surface area contributed by atoms with E-state index in [0.29, 0.717) is 12.2 Å². The summed E-state index contributed by atoms with van der Waals surface area (Å²) in [6.07, 6.45) is 1.79. The Morgan fingerprint density at radius 3 is 3.00 bits per heavy atom. The molecule has 0 saturated carbocycles. The van der Waals surface area contributed by atoms with Gasteiger partial charge < -0.3 is 10.5 Å². The number of hydrogen-bond acceptors (Lipinski definition) is 3. The van der Waals surface area contributed by atoms with Gasteiger partial charge in [0.1, 0.15) is 5.75 Å². The molecule has 3 heteroatoms. The van der Waals surface area contributed by atoms with Crippen LogP contribution in [0.2, 0.25) is 0 Å². The zero-order valence-electron chi connectivity index (χ0n) is 10.4. The molecule has 1 heterocycles. The molecular weight excluding hydrogens is 214 g/mol. The molecule has 1 aliphatic rings. The lowest BCUT2D eigenvalue weighted by atomic mass is 9.91. The van der Waals surface area contributed by atoms with Gasteiger partial charge in [-0.15, -0.1) is 0 Å². The zero-order valence-corrected chi connectivity index (χ0v) is 10.4. The average Bonchev–Trinajstić information content (AvgIpc) is 2.83. The third kappa shape index (κ3) is 2.20. The molecule has 0 aliphatic carbocycles. The predicted molar refractivity (Wildman–Crippen MR) is 67.4 cm³/mol. The summed E-state index contributed by atoms with van der Waals surface area (Å²) in [5.41, 5.74) is 7.76. The van der Waals surface area contributed by atoms with Crippen LogP contribution in [0.1, 0.15) is 36.2 Å². The van der Waals surface area contributed by atoms with Crippen molar-refractivity contribution in [3.05, 3.63) is 29.3 Å². The minimum atomic E-state index is -0.435. The first-order valence-corrected chi connectivity index (χ1v) is 6.19. The van der Waals surface area contributed by atoms with E-state index in [2.05, 4.69) is 0 Å². The molecule has 1 aromatic carbocycles. The highest BCUT2D eigenvalue weighted by atomic mass is 16.5. The fraction of sp³-hybridized carbons (Fsp3) is 0.500. The van der Waals surface area contributed by atoms with E-state index >= 15 is 0 Å². The number of benzene rings is 1. The second kappa shape index (κ2) is 4.88. The van der Waals surface area contributed by atoms with Crippen LogP contribution in [0.3, 0.4) is 0 Å². The molecule has 0 bridgehead atoms. The number of carbonyl (C=O) groups is 1. The highest BCUT2D eigenvalue weighted by Gasteiger charge is 2.26. The van der Waals surface area contributed by atoms with Crippen molar-refractivity contribution in [3.63, 3.8) is 0 Å². The van der Waals surface area contributed by atoms with Crippen molar-refractivity contribution in [2.45, 2.75) is 32.7 Å². The van der Waals surface area contributed by atoms with Gasteiger partial charge >= 0.3 is 0 Å². The topological polar surface area (TPSA) is 52.3 Å². The Morgan fingerprint density at radius 1 is 1.53 bits per heavy atom. The highest BCUT2D eigenvalue weighted by Crippen LogP contribution is 2.30. The Labute approximate surface area is 102 Å². The first kappa shape index (κ1) is 12.1. The van der Waals surface area contributed by atoms with Crippen LogP contribution in [0.5, 0.6) is 5.75 Å². The molecule has 0 radical (unpaired) electrons. The second-order valence-corrected chi connectivity index (χ2v) is 4.67. The Kier molecular flexibility index (Phi) is 3.48. The Hall–Kier alpha value is -1.35. The van der Waals surface area contributed by atoms with Gasteiger partial charge in [0.15, 0.2) is 5.78 Å². The third-order valence-corrected chi connectivity index (χ3v) is 3.54. The Morgan fingerprint density at radius 2 is 2.29 bits per heavy atom. The van der Waals surface area contributed by atoms with Crippen LogP contribution in [0.15, 0.2) is 18.2 Å². The van der Waals surface area contributed by atoms with E-state index in [-0.39, 0.29) is 11.7 Å². The van der Waals surface area contributed by atoms with Gasteiger partial charge in [0.05, 0.1) is 18.2 Å². The largest absolute Gasteiger partial charge is 0.492 e. The first-order chi connectivity index (χ1) is 8.15. The summed E-state index contributed by atoms with van der Waals surface area (Å²) < 4.78 is 5.54. The van der Waals surface area contributed by atoms with Crippen LogP contribution in [0, 0.1) is 5.92 Å². The van der Waals surface area contributed by atoms with Gasteiger partial charge in [-0.2, -0.15) is 0 Å². The molecule has 1 aliphatic heterocycles. The van der Waals surface area contributed by atoms with Crippen LogP contribution in [-0.2, 0) is 6.42 Å². The maximum atomic E-state index is 12.3. The lowest BCUT2D eigenvalue weighted by molar-refractivity contribution is 0.0932. The number of ether oxygens (including phenoxy) is 1. The molecule has 0 aromatic heterocycles. The van der Waals surface area contributed by atoms with Crippen LogP contribution in [0.25, 0.3) is 0 Å². The van der Waals surface area contributed by atoms with Gasteiger partial charge in [0, 0.05) is 6.42 Å². The number of ketones is 1. The maximum absolute atomic E-state index is 12.3. The lowest BCUT2D eigenvalue weighted by Crippen LogP contribution is -2.36. The van der Waals surface area contributed by atoms with Gasteiger partial charge in [-0.05, 0) is 17.5 Å². The number of carbonyl (C=O) groups excluding carboxylic acids is 1. The molecule has 1 aromatic rings. The van der Waals surface area contributed by atoms with Gasteiger partial charge in [-0.3, -0.25) is 4.79 Å². The minimum Gasteiger partial charge on any atom is -0.492 e. The lowest BCUT2D eigenvalue weighted by Gasteiger charge is -2.18. The molecule has 2 unspecified atom stereocenters. The summed E-state index contributed by atoms with van der Waals surface area (Å²) in [7, 11) is 0. The van der Waals surface area contributed by atoms with Crippen molar-refractivity contribution in [2.24, 2.45) is 11.7 Å². The molecule has 17 heavy (non-hydrogen) atoms. The average molecular weight is 233 g/mol. The molecule has 0 fully saturated rings. The van der Waals surface area contributed by atoms with Gasteiger partial charge in [0.2, 0.25) is 0 Å². The molecule has 92 valence electrons. The van der Waals surface area contributed by atoms with Crippen molar-refractivity contribution in [3.8, 4) is 5.75 Å². The number of Topliss-reactive ketones (excluding diaryl/α,β-unsaturated/α-hetero) is 1. The van der Waals surface area contributed by atoms with Crippen molar-refractivity contribution in [1.82, 2.24) is 0 Å². The van der Waals surface area contributed by atoms with E-state index in [0.717, 1.165) is 24.2 Å². The highest BCUT2D eigenvalue weighted by molar-refractivity contribution is 6.02. The minimum absolute atomic E-state index is 0.00176. The summed E-state index contributed by atoms with van der Waals surface area (Å²) in [6, 6.07) is 5.29. The van der Waals surface area contributed by atoms with Crippen molar-refractivity contribution >= 4 is 5.78 Å². The Balaban J connectivity index is 2.29. The van der Waals surface area contributed by atoms with Gasteiger partial charge in [-0.25, -0.2) is 0 Å². The Bertz CT molecular complexity index is 428. The normalized spacial score (nSPS) is 17.1. The standard InChI is InChI=1S/C14H19NO2/c1-3-9(2)12(15)13(16)11-6-4-5-10-7-8-17-14(10)11/h4-6,9,12H,3,7-8,15H2,1-2H3. The molecule has 2 rings (SSSR count). The number of para-hydroxylation sites is 1. The number of fused-ring (bicyclic) bond motifs is 1. The van der Waals surface area contributed by atoms with Gasteiger partial charge in [-0.1, -0.05) is 32.4 Å². The predicted octanol–water partition coefficient (Wildman–Crippen LogP) is 2.18. The van der Waals surface area contributed by atoms with Gasteiger partial charge in [0.25, 0.3) is 0 Å². The fourth-order valence-corrected chi connectivity index (χ4v) is 2.10. The smallest absolute Gasteiger partial charge is 0.183 e. The maximum Gasteiger partial charge on any atom is 0.183 e. The molecule has 0 amide bonds. The first-order valence-electron chi connectivity index (χ1n) is 6.19. The summed E-state index contributed by atoms with van der Waals surface area (Å²) >= 11 is 0. The number of nitrogens with two attached hydrogens (primary N) is 1. The van der Waals surface area contributed by atoms with E-state index in [9.17, 15) is 4.79 Å². The summed E-state index contributed by atoms with van der Waals surface area (Å²) in [4.78, 5) is 12.3. The number of rotatable bonds is 4. The van der Waals surface area contributed by atoms with E-state index in [1.807, 2.05) is 32.0 Å². The van der Waals surface area contributed by atoms with Crippen LogP contribution in [0.4, 0.5) is 0 Å². The summed E-state index contributed by atoms with van der Waals surface area (Å²) in [5.74, 6) is 0.939. The summed E-state index contributed by atoms with van der Waals surface area (Å²) in [5, 5.41) is 0. The second-order valence-electron chi connectivity index (χ2n) is 4.67. The molecule has 2 N–H and O–H groups in total. The van der Waals surface area contributed by atoms with Crippen LogP contribution < -0.4 is 10.5 Å². The van der Waals surface area contributed by atoms with E-state index in [1.165, 1.54) is 0 Å². The quantitative estimate of drug-likeness (QED) is 0.811. The third-order valence-electron chi connectivity index (χ3n) is 3.54. The van der Waals surface area contributed by atoms with Crippen LogP contribution >= 0.6 is 0 Å².